The van der Waals surface area contributed by atoms with Gasteiger partial charge in [-0.2, -0.15) is 0 Å². The van der Waals surface area contributed by atoms with E-state index in [1.54, 1.807) is 0 Å². The molecule has 2 amide bonds. The average molecular weight is 477 g/mol. The molecule has 2 aromatic rings. The van der Waals surface area contributed by atoms with E-state index in [0.29, 0.717) is 26.0 Å². The normalized spacial score (nSPS) is 30.4. The Kier molecular flexibility index (Phi) is 4.77. The van der Waals surface area contributed by atoms with Crippen LogP contribution in [0.1, 0.15) is 43.2 Å². The summed E-state index contributed by atoms with van der Waals surface area (Å²) in [6.07, 6.45) is 0.443. The van der Waals surface area contributed by atoms with E-state index in [1.165, 1.54) is 4.90 Å². The standard InChI is InChI=1S/C27H28N2O6/c1-25-13-27(14-25,23(31)32)29(15-25)22(30)26(10-11-34-16-26)28-24(33)35-12-21-19-8-4-2-6-17(19)18-7-3-5-9-20(18)21/h2-9,21H,10-16H2,1H3,(H,28,33)(H,31,32). The first kappa shape index (κ1) is 22.1. The molecule has 0 aromatic heterocycles. The van der Waals surface area contributed by atoms with Crippen molar-refractivity contribution in [3.8, 4) is 11.1 Å². The molecule has 2 aromatic carbocycles. The quantitative estimate of drug-likeness (QED) is 0.687. The smallest absolute Gasteiger partial charge is 0.408 e. The van der Waals surface area contributed by atoms with Crippen LogP contribution in [0.4, 0.5) is 4.79 Å². The van der Waals surface area contributed by atoms with Gasteiger partial charge in [-0.3, -0.25) is 4.79 Å². The fourth-order valence-corrected chi connectivity index (χ4v) is 6.70. The lowest BCUT2D eigenvalue weighted by Gasteiger charge is -2.44. The minimum absolute atomic E-state index is 0.00105. The van der Waals surface area contributed by atoms with Gasteiger partial charge in [0, 0.05) is 25.5 Å². The highest BCUT2D eigenvalue weighted by molar-refractivity contribution is 5.96. The molecule has 35 heavy (non-hydrogen) atoms. The molecule has 1 saturated carbocycles. The molecule has 5 aliphatic rings. The fourth-order valence-electron chi connectivity index (χ4n) is 6.70. The summed E-state index contributed by atoms with van der Waals surface area (Å²) in [6, 6.07) is 16.2. The van der Waals surface area contributed by atoms with Gasteiger partial charge in [0.15, 0.2) is 0 Å². The van der Waals surface area contributed by atoms with Gasteiger partial charge in [-0.15, -0.1) is 0 Å². The Balaban J connectivity index is 1.19. The first-order valence-corrected chi connectivity index (χ1v) is 12.0. The van der Waals surface area contributed by atoms with Crippen LogP contribution in [0.15, 0.2) is 48.5 Å². The average Bonchev–Trinajstić information content (AvgIpc) is 3.56. The lowest BCUT2D eigenvalue weighted by molar-refractivity contribution is -0.162. The highest BCUT2D eigenvalue weighted by atomic mass is 16.6. The van der Waals surface area contributed by atoms with Crippen LogP contribution in [0, 0.1) is 5.41 Å². The maximum absolute atomic E-state index is 13.7. The van der Waals surface area contributed by atoms with E-state index >= 15 is 0 Å². The molecule has 8 heteroatoms. The number of alkyl carbamates (subject to hydrolysis) is 1. The molecular formula is C27H28N2O6. The number of carbonyl (C=O) groups excluding carboxylic acids is 2. The minimum Gasteiger partial charge on any atom is -0.479 e. The van der Waals surface area contributed by atoms with Crippen molar-refractivity contribution >= 4 is 18.0 Å². The van der Waals surface area contributed by atoms with Crippen LogP contribution in [-0.4, -0.2) is 65.4 Å². The molecule has 2 N–H and O–H groups in total. The summed E-state index contributed by atoms with van der Waals surface area (Å²) >= 11 is 0. The number of nitrogens with zero attached hydrogens (tertiary/aromatic N) is 1. The molecule has 7 rings (SSSR count). The number of aliphatic carboxylic acids is 1. The highest BCUT2D eigenvalue weighted by Gasteiger charge is 2.70. The van der Waals surface area contributed by atoms with Gasteiger partial charge < -0.3 is 24.8 Å². The number of nitrogens with one attached hydrogen (secondary N) is 1. The fraction of sp³-hybridized carbons (Fsp3) is 0.444. The topological polar surface area (TPSA) is 105 Å². The lowest BCUT2D eigenvalue weighted by atomic mass is 9.63. The highest BCUT2D eigenvalue weighted by Crippen LogP contribution is 2.59. The van der Waals surface area contributed by atoms with E-state index in [9.17, 15) is 19.5 Å². The zero-order valence-electron chi connectivity index (χ0n) is 19.6. The molecular weight excluding hydrogens is 448 g/mol. The van der Waals surface area contributed by atoms with E-state index in [4.69, 9.17) is 9.47 Å². The summed E-state index contributed by atoms with van der Waals surface area (Å²) in [5.74, 6) is -1.48. The first-order chi connectivity index (χ1) is 16.8. The zero-order valence-corrected chi connectivity index (χ0v) is 19.6. The van der Waals surface area contributed by atoms with Gasteiger partial charge in [-0.05, 0) is 40.5 Å². The second-order valence-electron chi connectivity index (χ2n) is 10.7. The van der Waals surface area contributed by atoms with Crippen molar-refractivity contribution in [3.05, 3.63) is 59.7 Å². The predicted molar refractivity (Wildman–Crippen MR) is 126 cm³/mol. The van der Waals surface area contributed by atoms with Crippen molar-refractivity contribution in [1.82, 2.24) is 10.2 Å². The van der Waals surface area contributed by atoms with Crippen LogP contribution in [0.2, 0.25) is 0 Å². The Morgan fingerprint density at radius 1 is 1.09 bits per heavy atom. The maximum atomic E-state index is 13.7. The Morgan fingerprint density at radius 3 is 2.29 bits per heavy atom. The largest absolute Gasteiger partial charge is 0.479 e. The van der Waals surface area contributed by atoms with Crippen LogP contribution in [0.3, 0.4) is 0 Å². The molecule has 4 fully saturated rings. The molecule has 8 nitrogen and oxygen atoms in total. The van der Waals surface area contributed by atoms with Crippen molar-refractivity contribution < 1.29 is 29.0 Å². The number of carboxylic acids is 1. The summed E-state index contributed by atoms with van der Waals surface area (Å²) in [5, 5.41) is 12.7. The van der Waals surface area contributed by atoms with Crippen LogP contribution in [-0.2, 0) is 19.1 Å². The van der Waals surface area contributed by atoms with E-state index in [0.717, 1.165) is 22.3 Å². The van der Waals surface area contributed by atoms with Crippen molar-refractivity contribution in [2.45, 2.75) is 43.2 Å². The summed E-state index contributed by atoms with van der Waals surface area (Å²) in [7, 11) is 0. The third kappa shape index (κ3) is 3.19. The lowest BCUT2D eigenvalue weighted by Crippen LogP contribution is -2.65. The van der Waals surface area contributed by atoms with E-state index in [1.807, 2.05) is 43.3 Å². The van der Waals surface area contributed by atoms with E-state index < -0.39 is 29.0 Å². The third-order valence-electron chi connectivity index (χ3n) is 8.25. The zero-order chi connectivity index (χ0) is 24.4. The molecule has 1 atom stereocenters. The maximum Gasteiger partial charge on any atom is 0.408 e. The molecule has 182 valence electrons. The molecule has 1 unspecified atom stereocenters. The van der Waals surface area contributed by atoms with Gasteiger partial charge in [-0.25, -0.2) is 9.59 Å². The monoisotopic (exact) mass is 476 g/mol. The molecule has 3 aliphatic heterocycles. The SMILES string of the molecule is CC12CN(C(=O)C3(NC(=O)OCC4c5ccccc5-c5ccccc54)CCOC3)C(C(=O)O)(C1)C2. The van der Waals surface area contributed by atoms with Crippen molar-refractivity contribution in [2.24, 2.45) is 5.41 Å². The molecule has 3 saturated heterocycles. The van der Waals surface area contributed by atoms with Gasteiger partial charge in [0.25, 0.3) is 5.91 Å². The Bertz CT molecular complexity index is 1180. The number of carboxylic acid groups (broad SMARTS) is 1. The summed E-state index contributed by atoms with van der Waals surface area (Å²) < 4.78 is 11.2. The third-order valence-corrected chi connectivity index (χ3v) is 8.25. The number of hydrogen-bond acceptors (Lipinski definition) is 5. The molecule has 0 spiro atoms. The molecule has 0 radical (unpaired) electrons. The van der Waals surface area contributed by atoms with Crippen LogP contribution < -0.4 is 5.32 Å². The number of hydrogen-bond donors (Lipinski definition) is 2. The van der Waals surface area contributed by atoms with Crippen LogP contribution in [0.5, 0.6) is 0 Å². The second kappa shape index (κ2) is 7.55. The van der Waals surface area contributed by atoms with Gasteiger partial charge in [0.2, 0.25) is 0 Å². The number of amides is 2. The number of ether oxygens (including phenoxy) is 2. The van der Waals surface area contributed by atoms with Gasteiger partial charge >= 0.3 is 12.1 Å². The number of fused-ring (bicyclic) bond motifs is 4. The van der Waals surface area contributed by atoms with Crippen molar-refractivity contribution in [1.29, 1.82) is 0 Å². The van der Waals surface area contributed by atoms with Gasteiger partial charge in [0.05, 0.1) is 6.61 Å². The molecule has 2 aliphatic carbocycles. The first-order valence-electron chi connectivity index (χ1n) is 12.0. The summed E-state index contributed by atoms with van der Waals surface area (Å²) in [6.45, 7) is 2.80. The Hall–Kier alpha value is -3.39. The van der Waals surface area contributed by atoms with E-state index in [2.05, 4.69) is 17.4 Å². The van der Waals surface area contributed by atoms with Gasteiger partial charge in [0.1, 0.15) is 17.7 Å². The second-order valence-corrected chi connectivity index (χ2v) is 10.7. The summed E-state index contributed by atoms with van der Waals surface area (Å²) in [4.78, 5) is 40.2. The van der Waals surface area contributed by atoms with Crippen molar-refractivity contribution in [3.63, 3.8) is 0 Å². The number of benzene rings is 2. The van der Waals surface area contributed by atoms with Gasteiger partial charge in [-0.1, -0.05) is 55.5 Å². The molecule has 3 heterocycles. The Morgan fingerprint density at radius 2 is 1.71 bits per heavy atom. The molecule has 2 bridgehead atoms. The van der Waals surface area contributed by atoms with E-state index in [-0.39, 0.29) is 31.0 Å². The Labute approximate surface area is 203 Å². The predicted octanol–water partition coefficient (Wildman–Crippen LogP) is 3.15. The van der Waals surface area contributed by atoms with Crippen LogP contribution >= 0.6 is 0 Å². The summed E-state index contributed by atoms with van der Waals surface area (Å²) in [5.41, 5.74) is 1.76. The minimum atomic E-state index is -1.32. The number of carbonyl (C=O) groups is 3. The van der Waals surface area contributed by atoms with Crippen molar-refractivity contribution in [2.75, 3.05) is 26.4 Å². The van der Waals surface area contributed by atoms with Crippen LogP contribution in [0.25, 0.3) is 11.1 Å². The number of rotatable bonds is 5.